The first-order valence-electron chi connectivity index (χ1n) is 7.33. The summed E-state index contributed by atoms with van der Waals surface area (Å²) in [5.41, 5.74) is 4.40. The second-order valence-electron chi connectivity index (χ2n) is 5.86. The van der Waals surface area contributed by atoms with E-state index in [-0.39, 0.29) is 0 Å². The zero-order valence-corrected chi connectivity index (χ0v) is 12.7. The molecule has 0 spiro atoms. The Kier molecular flexibility index (Phi) is 6.42. The van der Waals surface area contributed by atoms with Gasteiger partial charge in [-0.05, 0) is 62.3 Å². The highest BCUT2D eigenvalue weighted by atomic mass is 14.9. The van der Waals surface area contributed by atoms with Crippen molar-refractivity contribution < 1.29 is 0 Å². The first-order valence-corrected chi connectivity index (χ1v) is 7.33. The van der Waals surface area contributed by atoms with Gasteiger partial charge in [-0.1, -0.05) is 39.0 Å². The summed E-state index contributed by atoms with van der Waals surface area (Å²) in [6.45, 7) is 12.4. The predicted molar refractivity (Wildman–Crippen MR) is 81.2 cm³/mol. The first-order chi connectivity index (χ1) is 8.54. The lowest BCUT2D eigenvalue weighted by molar-refractivity contribution is 0.415. The standard InChI is InChI=1S/C17H29N/c1-6-10-18-16(11-13(2)3)12-17-14(4)8-7-9-15(17)5/h7-9,13,16,18H,6,10-12H2,1-5H3. The number of benzene rings is 1. The van der Waals surface area contributed by atoms with Crippen LogP contribution in [0.2, 0.25) is 0 Å². The molecule has 0 radical (unpaired) electrons. The van der Waals surface area contributed by atoms with Crippen molar-refractivity contribution in [2.24, 2.45) is 5.92 Å². The zero-order chi connectivity index (χ0) is 13.5. The van der Waals surface area contributed by atoms with Crippen molar-refractivity contribution in [3.63, 3.8) is 0 Å². The molecule has 1 atom stereocenters. The Morgan fingerprint density at radius 2 is 1.72 bits per heavy atom. The fourth-order valence-electron chi connectivity index (χ4n) is 2.57. The molecule has 0 amide bonds. The van der Waals surface area contributed by atoms with E-state index in [9.17, 15) is 0 Å². The molecular weight excluding hydrogens is 218 g/mol. The minimum Gasteiger partial charge on any atom is -0.314 e. The fourth-order valence-corrected chi connectivity index (χ4v) is 2.57. The number of rotatable bonds is 7. The van der Waals surface area contributed by atoms with E-state index in [1.54, 1.807) is 0 Å². The van der Waals surface area contributed by atoms with Gasteiger partial charge in [0, 0.05) is 6.04 Å². The SMILES string of the molecule is CCCNC(Cc1c(C)cccc1C)CC(C)C. The molecule has 0 saturated heterocycles. The molecule has 1 aromatic rings. The van der Waals surface area contributed by atoms with Crippen LogP contribution in [0.5, 0.6) is 0 Å². The Hall–Kier alpha value is -0.820. The Morgan fingerprint density at radius 3 is 2.22 bits per heavy atom. The number of hydrogen-bond acceptors (Lipinski definition) is 1. The van der Waals surface area contributed by atoms with E-state index in [4.69, 9.17) is 0 Å². The van der Waals surface area contributed by atoms with E-state index in [0.717, 1.165) is 18.9 Å². The average molecular weight is 247 g/mol. The van der Waals surface area contributed by atoms with Crippen LogP contribution in [-0.4, -0.2) is 12.6 Å². The Morgan fingerprint density at radius 1 is 1.11 bits per heavy atom. The molecule has 0 aromatic heterocycles. The molecule has 1 rings (SSSR count). The van der Waals surface area contributed by atoms with Crippen LogP contribution in [0.1, 0.15) is 50.3 Å². The maximum Gasteiger partial charge on any atom is 0.0110 e. The second kappa shape index (κ2) is 7.58. The summed E-state index contributed by atoms with van der Waals surface area (Å²) in [5, 5.41) is 3.70. The van der Waals surface area contributed by atoms with E-state index in [1.807, 2.05) is 0 Å². The van der Waals surface area contributed by atoms with E-state index < -0.39 is 0 Å². The third kappa shape index (κ3) is 4.81. The number of nitrogens with one attached hydrogen (secondary N) is 1. The third-order valence-electron chi connectivity index (χ3n) is 3.53. The molecule has 0 fully saturated rings. The van der Waals surface area contributed by atoms with Crippen LogP contribution in [0, 0.1) is 19.8 Å². The maximum atomic E-state index is 3.70. The molecule has 0 bridgehead atoms. The largest absolute Gasteiger partial charge is 0.314 e. The molecule has 0 aliphatic heterocycles. The van der Waals surface area contributed by atoms with E-state index in [0.29, 0.717) is 6.04 Å². The quantitative estimate of drug-likeness (QED) is 0.759. The summed E-state index contributed by atoms with van der Waals surface area (Å²) in [4.78, 5) is 0. The van der Waals surface area contributed by atoms with Crippen molar-refractivity contribution in [1.29, 1.82) is 0 Å². The molecular formula is C17H29N. The van der Waals surface area contributed by atoms with Crippen molar-refractivity contribution >= 4 is 0 Å². The van der Waals surface area contributed by atoms with Crippen LogP contribution in [0.15, 0.2) is 18.2 Å². The van der Waals surface area contributed by atoms with Gasteiger partial charge in [-0.3, -0.25) is 0 Å². The van der Waals surface area contributed by atoms with E-state index in [2.05, 4.69) is 58.1 Å². The van der Waals surface area contributed by atoms with Crippen LogP contribution >= 0.6 is 0 Å². The average Bonchev–Trinajstić information content (AvgIpc) is 2.30. The predicted octanol–water partition coefficient (Wildman–Crippen LogP) is 4.26. The highest BCUT2D eigenvalue weighted by Gasteiger charge is 2.13. The fraction of sp³-hybridized carbons (Fsp3) is 0.647. The zero-order valence-electron chi connectivity index (χ0n) is 12.7. The lowest BCUT2D eigenvalue weighted by Crippen LogP contribution is -2.33. The van der Waals surface area contributed by atoms with Crippen LogP contribution in [-0.2, 0) is 6.42 Å². The van der Waals surface area contributed by atoms with Gasteiger partial charge >= 0.3 is 0 Å². The molecule has 1 nitrogen and oxygen atoms in total. The van der Waals surface area contributed by atoms with Crippen molar-refractivity contribution in [1.82, 2.24) is 5.32 Å². The van der Waals surface area contributed by atoms with Crippen LogP contribution in [0.4, 0.5) is 0 Å². The Balaban J connectivity index is 2.75. The Labute approximate surface area is 113 Å². The summed E-state index contributed by atoms with van der Waals surface area (Å²) in [5.74, 6) is 0.753. The van der Waals surface area contributed by atoms with Crippen molar-refractivity contribution in [2.45, 2.75) is 59.9 Å². The van der Waals surface area contributed by atoms with Crippen LogP contribution < -0.4 is 5.32 Å². The molecule has 1 aromatic carbocycles. The summed E-state index contributed by atoms with van der Waals surface area (Å²) < 4.78 is 0. The molecule has 102 valence electrons. The minimum atomic E-state index is 0.616. The van der Waals surface area contributed by atoms with Gasteiger partial charge in [0.25, 0.3) is 0 Å². The van der Waals surface area contributed by atoms with Gasteiger partial charge in [0.1, 0.15) is 0 Å². The number of hydrogen-bond donors (Lipinski definition) is 1. The smallest absolute Gasteiger partial charge is 0.0110 e. The van der Waals surface area contributed by atoms with Gasteiger partial charge in [-0.25, -0.2) is 0 Å². The normalized spacial score (nSPS) is 13.0. The van der Waals surface area contributed by atoms with Gasteiger partial charge in [-0.15, -0.1) is 0 Å². The molecule has 0 aliphatic carbocycles. The Bertz CT molecular complexity index is 334. The lowest BCUT2D eigenvalue weighted by atomic mass is 9.92. The van der Waals surface area contributed by atoms with Crippen molar-refractivity contribution in [3.05, 3.63) is 34.9 Å². The van der Waals surface area contributed by atoms with Gasteiger partial charge < -0.3 is 5.32 Å². The van der Waals surface area contributed by atoms with Gasteiger partial charge in [0.15, 0.2) is 0 Å². The second-order valence-corrected chi connectivity index (χ2v) is 5.86. The van der Waals surface area contributed by atoms with Gasteiger partial charge in [0.05, 0.1) is 0 Å². The molecule has 1 N–H and O–H groups in total. The van der Waals surface area contributed by atoms with Crippen LogP contribution in [0.25, 0.3) is 0 Å². The molecule has 18 heavy (non-hydrogen) atoms. The summed E-state index contributed by atoms with van der Waals surface area (Å²) >= 11 is 0. The van der Waals surface area contributed by atoms with Crippen LogP contribution in [0.3, 0.4) is 0 Å². The first kappa shape index (κ1) is 15.2. The third-order valence-corrected chi connectivity index (χ3v) is 3.53. The summed E-state index contributed by atoms with van der Waals surface area (Å²) in [6, 6.07) is 7.23. The summed E-state index contributed by atoms with van der Waals surface area (Å²) in [7, 11) is 0. The molecule has 1 unspecified atom stereocenters. The molecule has 1 heteroatoms. The summed E-state index contributed by atoms with van der Waals surface area (Å²) in [6.07, 6.45) is 3.63. The van der Waals surface area contributed by atoms with Gasteiger partial charge in [-0.2, -0.15) is 0 Å². The van der Waals surface area contributed by atoms with Crippen molar-refractivity contribution in [3.8, 4) is 0 Å². The maximum absolute atomic E-state index is 3.70. The topological polar surface area (TPSA) is 12.0 Å². The monoisotopic (exact) mass is 247 g/mol. The minimum absolute atomic E-state index is 0.616. The highest BCUT2D eigenvalue weighted by Crippen LogP contribution is 2.18. The molecule has 0 heterocycles. The molecule has 0 aliphatic rings. The number of aryl methyl sites for hydroxylation is 2. The van der Waals surface area contributed by atoms with Crippen molar-refractivity contribution in [2.75, 3.05) is 6.54 Å². The van der Waals surface area contributed by atoms with E-state index in [1.165, 1.54) is 29.5 Å². The van der Waals surface area contributed by atoms with Gasteiger partial charge in [0.2, 0.25) is 0 Å². The van der Waals surface area contributed by atoms with E-state index >= 15 is 0 Å². The molecule has 0 saturated carbocycles. The highest BCUT2D eigenvalue weighted by molar-refractivity contribution is 5.34. The lowest BCUT2D eigenvalue weighted by Gasteiger charge is -2.22.